The Labute approximate surface area is 138 Å². The third kappa shape index (κ3) is 3.69. The topological polar surface area (TPSA) is 49.8 Å². The van der Waals surface area contributed by atoms with Crippen LogP contribution in [0.15, 0.2) is 18.2 Å². The molecule has 2 aliphatic carbocycles. The van der Waals surface area contributed by atoms with Crippen molar-refractivity contribution in [3.63, 3.8) is 0 Å². The molecule has 1 amide bonds. The number of aliphatic hydroxyl groups excluding tert-OH is 1. The van der Waals surface area contributed by atoms with Crippen molar-refractivity contribution in [1.29, 1.82) is 0 Å². The smallest absolute Gasteiger partial charge is 0.260 e. The first kappa shape index (κ1) is 16.3. The first-order valence-corrected chi connectivity index (χ1v) is 8.84. The lowest BCUT2D eigenvalue weighted by atomic mass is 9.91. The summed E-state index contributed by atoms with van der Waals surface area (Å²) in [7, 11) is 1.78. The number of amides is 1. The standard InChI is InChI=1S/C19H27NO3/c1-20(16-10-4-5-11-17(16)21)19(22)13-23-18-12-6-8-14-7-2-3-9-15(14)18/h6,8,12,16-17,21H,2-5,7,9-11,13H2,1H3/t16-,17+/m1/s1. The van der Waals surface area contributed by atoms with E-state index in [1.54, 1.807) is 11.9 Å². The number of aryl methyl sites for hydroxylation is 1. The van der Waals surface area contributed by atoms with Gasteiger partial charge in [-0.15, -0.1) is 0 Å². The van der Waals surface area contributed by atoms with Gasteiger partial charge in [-0.1, -0.05) is 25.0 Å². The third-order valence-electron chi connectivity index (χ3n) is 5.29. The maximum Gasteiger partial charge on any atom is 0.260 e. The number of carbonyl (C=O) groups excluding carboxylic acids is 1. The molecule has 1 aromatic rings. The largest absolute Gasteiger partial charge is 0.483 e. The lowest BCUT2D eigenvalue weighted by molar-refractivity contribution is -0.137. The number of rotatable bonds is 4. The Bertz CT molecular complexity index is 558. The first-order chi connectivity index (χ1) is 11.2. The molecule has 3 rings (SSSR count). The molecule has 0 spiro atoms. The molecule has 0 aromatic heterocycles. The molecule has 2 atom stereocenters. The maximum atomic E-state index is 12.4. The van der Waals surface area contributed by atoms with Crippen LogP contribution >= 0.6 is 0 Å². The lowest BCUT2D eigenvalue weighted by Crippen LogP contribution is -2.47. The molecule has 4 heteroatoms. The number of hydrogen-bond donors (Lipinski definition) is 1. The summed E-state index contributed by atoms with van der Waals surface area (Å²) < 4.78 is 5.84. The van der Waals surface area contributed by atoms with E-state index in [2.05, 4.69) is 6.07 Å². The number of ether oxygens (including phenoxy) is 1. The summed E-state index contributed by atoms with van der Waals surface area (Å²) in [4.78, 5) is 14.1. The van der Waals surface area contributed by atoms with Gasteiger partial charge in [0, 0.05) is 7.05 Å². The summed E-state index contributed by atoms with van der Waals surface area (Å²) in [5, 5.41) is 10.1. The fraction of sp³-hybridized carbons (Fsp3) is 0.632. The molecule has 0 aliphatic heterocycles. The summed E-state index contributed by atoms with van der Waals surface area (Å²) in [6.45, 7) is 0.0518. The van der Waals surface area contributed by atoms with Gasteiger partial charge >= 0.3 is 0 Å². The normalized spacial score (nSPS) is 23.9. The van der Waals surface area contributed by atoms with E-state index in [0.29, 0.717) is 0 Å². The van der Waals surface area contributed by atoms with E-state index in [1.807, 2.05) is 12.1 Å². The first-order valence-electron chi connectivity index (χ1n) is 8.84. The molecule has 23 heavy (non-hydrogen) atoms. The van der Waals surface area contributed by atoms with Crippen molar-refractivity contribution in [2.45, 2.75) is 63.5 Å². The van der Waals surface area contributed by atoms with Crippen LogP contribution in [0.4, 0.5) is 0 Å². The fourth-order valence-corrected chi connectivity index (χ4v) is 3.85. The molecule has 0 saturated heterocycles. The zero-order chi connectivity index (χ0) is 16.2. The van der Waals surface area contributed by atoms with Crippen molar-refractivity contribution >= 4 is 5.91 Å². The third-order valence-corrected chi connectivity index (χ3v) is 5.29. The van der Waals surface area contributed by atoms with Crippen LogP contribution < -0.4 is 4.74 Å². The predicted octanol–water partition coefficient (Wildman–Crippen LogP) is 2.71. The van der Waals surface area contributed by atoms with Crippen LogP contribution in [0.25, 0.3) is 0 Å². The highest BCUT2D eigenvalue weighted by Crippen LogP contribution is 2.29. The zero-order valence-electron chi connectivity index (χ0n) is 14.0. The minimum atomic E-state index is -0.401. The predicted molar refractivity (Wildman–Crippen MR) is 89.6 cm³/mol. The Morgan fingerprint density at radius 2 is 2.00 bits per heavy atom. The Morgan fingerprint density at radius 3 is 2.83 bits per heavy atom. The van der Waals surface area contributed by atoms with Crippen LogP contribution in [-0.4, -0.2) is 41.7 Å². The minimum Gasteiger partial charge on any atom is -0.483 e. The second-order valence-electron chi connectivity index (χ2n) is 6.81. The summed E-state index contributed by atoms with van der Waals surface area (Å²) >= 11 is 0. The van der Waals surface area contributed by atoms with E-state index in [1.165, 1.54) is 24.0 Å². The van der Waals surface area contributed by atoms with Gasteiger partial charge in [0.2, 0.25) is 0 Å². The number of benzene rings is 1. The van der Waals surface area contributed by atoms with Crippen molar-refractivity contribution in [2.24, 2.45) is 0 Å². The van der Waals surface area contributed by atoms with Crippen LogP contribution in [0.5, 0.6) is 5.75 Å². The van der Waals surface area contributed by atoms with Gasteiger partial charge in [0.25, 0.3) is 5.91 Å². The lowest BCUT2D eigenvalue weighted by Gasteiger charge is -2.35. The highest BCUT2D eigenvalue weighted by molar-refractivity contribution is 5.78. The molecule has 0 bridgehead atoms. The van der Waals surface area contributed by atoms with Gasteiger partial charge in [-0.2, -0.15) is 0 Å². The molecule has 4 nitrogen and oxygen atoms in total. The number of carbonyl (C=O) groups is 1. The quantitative estimate of drug-likeness (QED) is 0.929. The SMILES string of the molecule is CN(C(=O)COc1cccc2c1CCCC2)[C@@H]1CCCC[C@@H]1O. The van der Waals surface area contributed by atoms with Gasteiger partial charge in [-0.3, -0.25) is 4.79 Å². The minimum absolute atomic E-state index is 0.0515. The van der Waals surface area contributed by atoms with Gasteiger partial charge in [-0.05, 0) is 55.7 Å². The Kier molecular flexibility index (Phi) is 5.21. The highest BCUT2D eigenvalue weighted by atomic mass is 16.5. The average molecular weight is 317 g/mol. The monoisotopic (exact) mass is 317 g/mol. The molecule has 1 saturated carbocycles. The average Bonchev–Trinajstić information content (AvgIpc) is 2.59. The van der Waals surface area contributed by atoms with Crippen LogP contribution in [0.2, 0.25) is 0 Å². The molecule has 0 unspecified atom stereocenters. The van der Waals surface area contributed by atoms with E-state index in [-0.39, 0.29) is 18.6 Å². The van der Waals surface area contributed by atoms with Gasteiger partial charge in [-0.25, -0.2) is 0 Å². The number of likely N-dealkylation sites (N-methyl/N-ethyl adjacent to an activating group) is 1. The van der Waals surface area contributed by atoms with Crippen molar-refractivity contribution in [1.82, 2.24) is 4.90 Å². The molecule has 0 radical (unpaired) electrons. The Balaban J connectivity index is 1.60. The van der Waals surface area contributed by atoms with Gasteiger partial charge in [0.1, 0.15) is 5.75 Å². The second-order valence-corrected chi connectivity index (χ2v) is 6.81. The number of aliphatic hydroxyl groups is 1. The molecular weight excluding hydrogens is 290 g/mol. The van der Waals surface area contributed by atoms with E-state index in [9.17, 15) is 9.90 Å². The second kappa shape index (κ2) is 7.35. The maximum absolute atomic E-state index is 12.4. The molecule has 126 valence electrons. The van der Waals surface area contributed by atoms with E-state index < -0.39 is 6.10 Å². The van der Waals surface area contributed by atoms with Crippen LogP contribution in [0.3, 0.4) is 0 Å². The molecule has 2 aliphatic rings. The highest BCUT2D eigenvalue weighted by Gasteiger charge is 2.29. The summed E-state index contributed by atoms with van der Waals surface area (Å²) in [5.74, 6) is 0.803. The Morgan fingerprint density at radius 1 is 1.22 bits per heavy atom. The van der Waals surface area contributed by atoms with E-state index in [0.717, 1.165) is 44.3 Å². The van der Waals surface area contributed by atoms with E-state index >= 15 is 0 Å². The number of nitrogens with zero attached hydrogens (tertiary/aromatic N) is 1. The van der Waals surface area contributed by atoms with Crippen LogP contribution in [0, 0.1) is 0 Å². The van der Waals surface area contributed by atoms with Gasteiger partial charge in [0.15, 0.2) is 6.61 Å². The summed E-state index contributed by atoms with van der Waals surface area (Å²) in [5.41, 5.74) is 2.63. The summed E-state index contributed by atoms with van der Waals surface area (Å²) in [6, 6.07) is 6.07. The van der Waals surface area contributed by atoms with Crippen molar-refractivity contribution in [2.75, 3.05) is 13.7 Å². The number of hydrogen-bond acceptors (Lipinski definition) is 3. The van der Waals surface area contributed by atoms with Crippen molar-refractivity contribution in [3.8, 4) is 5.75 Å². The summed E-state index contributed by atoms with van der Waals surface area (Å²) in [6.07, 6.45) is 7.96. The molecular formula is C19H27NO3. The molecule has 1 N–H and O–H groups in total. The molecule has 1 fully saturated rings. The Hall–Kier alpha value is -1.55. The van der Waals surface area contributed by atoms with Gasteiger partial charge in [0.05, 0.1) is 12.1 Å². The van der Waals surface area contributed by atoms with E-state index in [4.69, 9.17) is 4.74 Å². The van der Waals surface area contributed by atoms with Crippen LogP contribution in [0.1, 0.15) is 49.7 Å². The molecule has 0 heterocycles. The van der Waals surface area contributed by atoms with Crippen molar-refractivity contribution < 1.29 is 14.6 Å². The zero-order valence-corrected chi connectivity index (χ0v) is 14.0. The molecule has 1 aromatic carbocycles. The number of fused-ring (bicyclic) bond motifs is 1. The fourth-order valence-electron chi connectivity index (χ4n) is 3.85. The van der Waals surface area contributed by atoms with Crippen molar-refractivity contribution in [3.05, 3.63) is 29.3 Å². The van der Waals surface area contributed by atoms with Crippen LogP contribution in [-0.2, 0) is 17.6 Å². The van der Waals surface area contributed by atoms with Gasteiger partial charge < -0.3 is 14.7 Å².